The molecule has 1 aromatic carbocycles. The van der Waals surface area contributed by atoms with Crippen molar-refractivity contribution in [2.75, 3.05) is 26.2 Å². The van der Waals surface area contributed by atoms with Crippen LogP contribution in [0, 0.1) is 11.2 Å². The second-order valence-corrected chi connectivity index (χ2v) is 7.03. The Bertz CT molecular complexity index is 582. The first-order chi connectivity index (χ1) is 12.2. The first kappa shape index (κ1) is 21.7. The van der Waals surface area contributed by atoms with Crippen LogP contribution in [0.5, 0.6) is 5.75 Å². The highest BCUT2D eigenvalue weighted by molar-refractivity contribution is 5.81. The summed E-state index contributed by atoms with van der Waals surface area (Å²) < 4.78 is 18.6. The Morgan fingerprint density at radius 2 is 1.77 bits per heavy atom. The van der Waals surface area contributed by atoms with Crippen LogP contribution in [0.25, 0.3) is 0 Å². The minimum atomic E-state index is -0.397. The highest BCUT2D eigenvalue weighted by Crippen LogP contribution is 2.13. The van der Waals surface area contributed by atoms with Crippen LogP contribution in [-0.4, -0.2) is 44.1 Å². The fourth-order valence-electron chi connectivity index (χ4n) is 1.97. The van der Waals surface area contributed by atoms with Gasteiger partial charge in [-0.25, -0.2) is 9.38 Å². The van der Waals surface area contributed by atoms with Crippen molar-refractivity contribution >= 4 is 11.9 Å². The van der Waals surface area contributed by atoms with E-state index in [0.717, 1.165) is 6.54 Å². The first-order valence-electron chi connectivity index (χ1n) is 8.95. The van der Waals surface area contributed by atoms with Gasteiger partial charge in [0.25, 0.3) is 0 Å². The summed E-state index contributed by atoms with van der Waals surface area (Å²) >= 11 is 0. The molecule has 0 spiro atoms. The largest absolute Gasteiger partial charge is 0.489 e. The Kier molecular flexibility index (Phi) is 8.88. The number of hydrogen-bond donors (Lipinski definition) is 3. The number of hydrogen-bond acceptors (Lipinski definition) is 3. The number of rotatable bonds is 8. The molecule has 1 aromatic rings. The molecule has 0 fully saturated rings. The van der Waals surface area contributed by atoms with Crippen molar-refractivity contribution in [3.8, 4) is 5.75 Å². The molecule has 146 valence electrons. The number of nitrogens with zero attached hydrogens (tertiary/aromatic N) is 1. The lowest BCUT2D eigenvalue weighted by molar-refractivity contribution is -0.128. The second kappa shape index (κ2) is 10.6. The number of carbonyl (C=O) groups is 1. The van der Waals surface area contributed by atoms with Crippen LogP contribution in [0.2, 0.25) is 0 Å². The molecule has 1 atom stereocenters. The van der Waals surface area contributed by atoms with Gasteiger partial charge >= 0.3 is 0 Å². The van der Waals surface area contributed by atoms with Crippen LogP contribution in [0.1, 0.15) is 34.6 Å². The standard InChI is InChI=1S/C19H31FN4O2/c1-6-21-18(23-12-11-22-17(25)19(3,4)5)24-13-14(2)26-16-9-7-15(20)8-10-16/h7-10,14H,6,11-13H2,1-5H3,(H,22,25)(H2,21,23,24). The SMILES string of the molecule is CCNC(=NCC(C)Oc1ccc(F)cc1)NCCNC(=O)C(C)(C)C. The highest BCUT2D eigenvalue weighted by Gasteiger charge is 2.20. The molecular formula is C19H31FN4O2. The van der Waals surface area contributed by atoms with E-state index in [1.165, 1.54) is 12.1 Å². The second-order valence-electron chi connectivity index (χ2n) is 7.03. The average molecular weight is 366 g/mol. The van der Waals surface area contributed by atoms with Gasteiger partial charge in [0.15, 0.2) is 5.96 Å². The predicted molar refractivity (Wildman–Crippen MR) is 103 cm³/mol. The van der Waals surface area contributed by atoms with E-state index in [2.05, 4.69) is 20.9 Å². The van der Waals surface area contributed by atoms with Gasteiger partial charge in [0.05, 0.1) is 6.54 Å². The van der Waals surface area contributed by atoms with Crippen molar-refractivity contribution in [2.24, 2.45) is 10.4 Å². The van der Waals surface area contributed by atoms with E-state index in [1.54, 1.807) is 12.1 Å². The molecule has 6 nitrogen and oxygen atoms in total. The van der Waals surface area contributed by atoms with Crippen molar-refractivity contribution in [1.29, 1.82) is 0 Å². The normalized spacial score (nSPS) is 13.1. The molecule has 7 heteroatoms. The fraction of sp³-hybridized carbons (Fsp3) is 0.579. The van der Waals surface area contributed by atoms with Gasteiger partial charge in [-0.15, -0.1) is 0 Å². The van der Waals surface area contributed by atoms with E-state index >= 15 is 0 Å². The minimum Gasteiger partial charge on any atom is -0.489 e. The highest BCUT2D eigenvalue weighted by atomic mass is 19.1. The zero-order valence-electron chi connectivity index (χ0n) is 16.4. The Balaban J connectivity index is 2.42. The maximum absolute atomic E-state index is 12.9. The van der Waals surface area contributed by atoms with Gasteiger partial charge in [0.2, 0.25) is 5.91 Å². The lowest BCUT2D eigenvalue weighted by Gasteiger charge is -2.18. The van der Waals surface area contributed by atoms with Gasteiger partial charge in [-0.05, 0) is 38.1 Å². The van der Waals surface area contributed by atoms with Gasteiger partial charge in [-0.3, -0.25) is 4.79 Å². The molecule has 0 heterocycles. The molecular weight excluding hydrogens is 335 g/mol. The van der Waals surface area contributed by atoms with Gasteiger partial charge < -0.3 is 20.7 Å². The van der Waals surface area contributed by atoms with E-state index in [0.29, 0.717) is 31.3 Å². The van der Waals surface area contributed by atoms with Crippen molar-refractivity contribution in [3.63, 3.8) is 0 Å². The summed E-state index contributed by atoms with van der Waals surface area (Å²) in [4.78, 5) is 16.3. The molecule has 1 rings (SSSR count). The van der Waals surface area contributed by atoms with Crippen LogP contribution in [-0.2, 0) is 4.79 Å². The van der Waals surface area contributed by atoms with Gasteiger partial charge in [0.1, 0.15) is 17.7 Å². The smallest absolute Gasteiger partial charge is 0.225 e. The Labute approximate surface area is 155 Å². The van der Waals surface area contributed by atoms with Crippen LogP contribution in [0.3, 0.4) is 0 Å². The molecule has 3 N–H and O–H groups in total. The third-order valence-electron chi connectivity index (χ3n) is 3.39. The molecule has 0 aliphatic heterocycles. The van der Waals surface area contributed by atoms with Crippen molar-refractivity contribution in [2.45, 2.75) is 40.7 Å². The van der Waals surface area contributed by atoms with E-state index < -0.39 is 5.41 Å². The summed E-state index contributed by atoms with van der Waals surface area (Å²) in [5.74, 6) is 0.992. The lowest BCUT2D eigenvalue weighted by atomic mass is 9.96. The van der Waals surface area contributed by atoms with Crippen molar-refractivity contribution in [3.05, 3.63) is 30.1 Å². The summed E-state index contributed by atoms with van der Waals surface area (Å²) in [6.45, 7) is 11.8. The number of ether oxygens (including phenoxy) is 1. The first-order valence-corrected chi connectivity index (χ1v) is 8.95. The zero-order chi connectivity index (χ0) is 19.6. The van der Waals surface area contributed by atoms with Crippen LogP contribution in [0.4, 0.5) is 4.39 Å². The predicted octanol–water partition coefficient (Wildman–Crippen LogP) is 2.31. The van der Waals surface area contributed by atoms with Gasteiger partial charge in [0, 0.05) is 25.0 Å². The minimum absolute atomic E-state index is 0.0163. The molecule has 0 aliphatic rings. The molecule has 0 radical (unpaired) electrons. The molecule has 0 saturated heterocycles. The molecule has 0 saturated carbocycles. The van der Waals surface area contributed by atoms with Crippen LogP contribution >= 0.6 is 0 Å². The number of nitrogens with one attached hydrogen (secondary N) is 3. The number of carbonyl (C=O) groups excluding carboxylic acids is 1. The summed E-state index contributed by atoms with van der Waals surface area (Å²) in [5.41, 5.74) is -0.397. The molecule has 1 amide bonds. The van der Waals surface area contributed by atoms with Crippen LogP contribution < -0.4 is 20.7 Å². The summed E-state index contributed by atoms with van der Waals surface area (Å²) in [7, 11) is 0. The summed E-state index contributed by atoms with van der Waals surface area (Å²) in [5, 5.41) is 9.20. The van der Waals surface area contributed by atoms with E-state index in [4.69, 9.17) is 4.74 Å². The number of halogens is 1. The zero-order valence-corrected chi connectivity index (χ0v) is 16.4. The topological polar surface area (TPSA) is 74.8 Å². The van der Waals surface area contributed by atoms with Crippen molar-refractivity contribution in [1.82, 2.24) is 16.0 Å². The number of aliphatic imine (C=N–C) groups is 1. The monoisotopic (exact) mass is 366 g/mol. The quantitative estimate of drug-likeness (QED) is 0.375. The van der Waals surface area contributed by atoms with Gasteiger partial charge in [-0.2, -0.15) is 0 Å². The fourth-order valence-corrected chi connectivity index (χ4v) is 1.97. The maximum atomic E-state index is 12.9. The van der Waals surface area contributed by atoms with Crippen molar-refractivity contribution < 1.29 is 13.9 Å². The Morgan fingerprint density at radius 3 is 2.35 bits per heavy atom. The van der Waals surface area contributed by atoms with E-state index in [-0.39, 0.29) is 17.8 Å². The molecule has 0 aliphatic carbocycles. The van der Waals surface area contributed by atoms with E-state index in [9.17, 15) is 9.18 Å². The third kappa shape index (κ3) is 8.69. The summed E-state index contributed by atoms with van der Waals surface area (Å²) in [6.07, 6.45) is -0.156. The molecule has 1 unspecified atom stereocenters. The van der Waals surface area contributed by atoms with Gasteiger partial charge in [-0.1, -0.05) is 20.8 Å². The molecule has 0 bridgehead atoms. The van der Waals surface area contributed by atoms with E-state index in [1.807, 2.05) is 34.6 Å². The number of guanidine groups is 1. The summed E-state index contributed by atoms with van der Waals surface area (Å²) in [6, 6.07) is 5.92. The lowest BCUT2D eigenvalue weighted by Crippen LogP contribution is -2.43. The average Bonchev–Trinajstić information content (AvgIpc) is 2.57. The van der Waals surface area contributed by atoms with Crippen LogP contribution in [0.15, 0.2) is 29.3 Å². The Hall–Kier alpha value is -2.31. The third-order valence-corrected chi connectivity index (χ3v) is 3.39. The number of benzene rings is 1. The number of amides is 1. The Morgan fingerprint density at radius 1 is 1.15 bits per heavy atom. The maximum Gasteiger partial charge on any atom is 0.225 e. The molecule has 26 heavy (non-hydrogen) atoms. The molecule has 0 aromatic heterocycles.